The fourth-order valence-corrected chi connectivity index (χ4v) is 3.47. The molecule has 0 saturated carbocycles. The van der Waals surface area contributed by atoms with E-state index in [0.717, 1.165) is 62.2 Å². The van der Waals surface area contributed by atoms with Gasteiger partial charge in [0.15, 0.2) is 17.5 Å². The Morgan fingerprint density at radius 2 is 1.86 bits per heavy atom. The lowest BCUT2D eigenvalue weighted by atomic mass is 10.2. The van der Waals surface area contributed by atoms with Crippen LogP contribution in [0.2, 0.25) is 0 Å². The van der Waals surface area contributed by atoms with Gasteiger partial charge in [-0.1, -0.05) is 6.07 Å². The van der Waals surface area contributed by atoms with Gasteiger partial charge in [-0.05, 0) is 44.9 Å². The Hall–Kier alpha value is -1.99. The van der Waals surface area contributed by atoms with Crippen molar-refractivity contribution in [3.05, 3.63) is 23.8 Å². The number of hydrogen-bond donors (Lipinski definition) is 2. The van der Waals surface area contributed by atoms with E-state index >= 15 is 0 Å². The van der Waals surface area contributed by atoms with E-state index in [1.165, 1.54) is 0 Å². The van der Waals surface area contributed by atoms with Crippen LogP contribution in [0.5, 0.6) is 11.5 Å². The molecule has 2 N–H and O–H groups in total. The van der Waals surface area contributed by atoms with Crippen molar-refractivity contribution in [2.24, 2.45) is 4.99 Å². The lowest BCUT2D eigenvalue weighted by Gasteiger charge is -2.35. The van der Waals surface area contributed by atoms with Gasteiger partial charge in [0.1, 0.15) is 0 Å². The summed E-state index contributed by atoms with van der Waals surface area (Å²) in [6.45, 7) is 11.7. The number of rotatable bonds is 9. The highest BCUT2D eigenvalue weighted by molar-refractivity contribution is 5.79. The van der Waals surface area contributed by atoms with E-state index in [1.807, 2.05) is 18.2 Å². The number of guanidine groups is 1. The summed E-state index contributed by atoms with van der Waals surface area (Å²) >= 11 is 0. The van der Waals surface area contributed by atoms with Crippen molar-refractivity contribution >= 4 is 5.96 Å². The molecule has 2 atom stereocenters. The molecule has 158 valence electrons. The largest absolute Gasteiger partial charge is 0.493 e. The molecule has 1 aliphatic heterocycles. The lowest BCUT2D eigenvalue weighted by Crippen LogP contribution is -2.46. The van der Waals surface area contributed by atoms with Crippen LogP contribution >= 0.6 is 0 Å². The molecule has 1 aromatic carbocycles. The number of hydrogen-bond acceptors (Lipinski definition) is 5. The third-order valence-corrected chi connectivity index (χ3v) is 4.65. The quantitative estimate of drug-likeness (QED) is 0.382. The Morgan fingerprint density at radius 3 is 2.50 bits per heavy atom. The first-order valence-electron chi connectivity index (χ1n) is 10.2. The molecule has 7 heteroatoms. The molecule has 0 aliphatic carbocycles. The Kier molecular flexibility index (Phi) is 9.37. The van der Waals surface area contributed by atoms with Crippen LogP contribution in [0.4, 0.5) is 0 Å². The Bertz CT molecular complexity index is 614. The van der Waals surface area contributed by atoms with E-state index in [1.54, 1.807) is 14.2 Å². The minimum atomic E-state index is 0.317. The minimum Gasteiger partial charge on any atom is -0.493 e. The SMILES string of the molecule is CCNC(=NCc1ccc(OC)c(OC)c1)NCCCN1CC(C)OC(C)C1. The van der Waals surface area contributed by atoms with Gasteiger partial charge in [0.2, 0.25) is 0 Å². The van der Waals surface area contributed by atoms with Crippen molar-refractivity contribution in [2.45, 2.75) is 45.9 Å². The highest BCUT2D eigenvalue weighted by Crippen LogP contribution is 2.27. The molecular formula is C21H36N4O3. The van der Waals surface area contributed by atoms with Gasteiger partial charge < -0.3 is 24.8 Å². The van der Waals surface area contributed by atoms with Crippen LogP contribution in [-0.4, -0.2) is 70.0 Å². The second-order valence-electron chi connectivity index (χ2n) is 7.18. The number of morpholine rings is 1. The van der Waals surface area contributed by atoms with Gasteiger partial charge in [0.25, 0.3) is 0 Å². The number of nitrogens with one attached hydrogen (secondary N) is 2. The van der Waals surface area contributed by atoms with E-state index in [0.29, 0.717) is 18.8 Å². The van der Waals surface area contributed by atoms with Gasteiger partial charge in [-0.15, -0.1) is 0 Å². The molecule has 0 amide bonds. The number of aliphatic imine (C=N–C) groups is 1. The summed E-state index contributed by atoms with van der Waals surface area (Å²) in [4.78, 5) is 7.17. The Balaban J connectivity index is 1.82. The van der Waals surface area contributed by atoms with E-state index in [-0.39, 0.29) is 0 Å². The van der Waals surface area contributed by atoms with Crippen LogP contribution in [-0.2, 0) is 11.3 Å². The first-order valence-corrected chi connectivity index (χ1v) is 10.2. The zero-order chi connectivity index (χ0) is 20.4. The molecule has 0 bridgehead atoms. The van der Waals surface area contributed by atoms with Gasteiger partial charge >= 0.3 is 0 Å². The molecule has 1 fully saturated rings. The smallest absolute Gasteiger partial charge is 0.191 e. The average Bonchev–Trinajstić information content (AvgIpc) is 2.68. The summed E-state index contributed by atoms with van der Waals surface area (Å²) in [5.74, 6) is 2.29. The molecule has 2 unspecified atom stereocenters. The molecule has 1 aliphatic rings. The van der Waals surface area contributed by atoms with E-state index in [4.69, 9.17) is 14.2 Å². The van der Waals surface area contributed by atoms with Gasteiger partial charge in [-0.2, -0.15) is 0 Å². The summed E-state index contributed by atoms with van der Waals surface area (Å²) < 4.78 is 16.4. The fourth-order valence-electron chi connectivity index (χ4n) is 3.47. The number of nitrogens with zero attached hydrogens (tertiary/aromatic N) is 2. The van der Waals surface area contributed by atoms with Crippen molar-refractivity contribution in [1.29, 1.82) is 0 Å². The molecule has 0 radical (unpaired) electrons. The van der Waals surface area contributed by atoms with Crippen LogP contribution in [0, 0.1) is 0 Å². The van der Waals surface area contributed by atoms with Gasteiger partial charge in [0, 0.05) is 32.7 Å². The number of methoxy groups -OCH3 is 2. The van der Waals surface area contributed by atoms with Crippen molar-refractivity contribution in [2.75, 3.05) is 46.9 Å². The van der Waals surface area contributed by atoms with Gasteiger partial charge in [-0.25, -0.2) is 4.99 Å². The molecule has 1 heterocycles. The molecule has 7 nitrogen and oxygen atoms in total. The monoisotopic (exact) mass is 392 g/mol. The standard InChI is InChI=1S/C21H36N4O3/c1-6-22-21(23-10-7-11-25-14-16(2)28-17(3)15-25)24-13-18-8-9-19(26-4)20(12-18)27-5/h8-9,12,16-17H,6-7,10-11,13-15H2,1-5H3,(H2,22,23,24). The fraction of sp³-hybridized carbons (Fsp3) is 0.667. The van der Waals surface area contributed by atoms with Crippen molar-refractivity contribution < 1.29 is 14.2 Å². The molecule has 2 rings (SSSR count). The van der Waals surface area contributed by atoms with Crippen LogP contribution in [0.15, 0.2) is 23.2 Å². The maximum Gasteiger partial charge on any atom is 0.191 e. The predicted octanol–water partition coefficient (Wildman–Crippen LogP) is 2.26. The zero-order valence-corrected chi connectivity index (χ0v) is 18.0. The highest BCUT2D eigenvalue weighted by Gasteiger charge is 2.21. The van der Waals surface area contributed by atoms with E-state index in [2.05, 4.69) is 41.3 Å². The first-order chi connectivity index (χ1) is 13.5. The van der Waals surface area contributed by atoms with Crippen molar-refractivity contribution in [3.8, 4) is 11.5 Å². The Labute approximate surface area is 169 Å². The summed E-state index contributed by atoms with van der Waals surface area (Å²) in [7, 11) is 3.29. The third-order valence-electron chi connectivity index (χ3n) is 4.65. The summed E-state index contributed by atoms with van der Waals surface area (Å²) in [6.07, 6.45) is 1.70. The third kappa shape index (κ3) is 7.20. The average molecular weight is 393 g/mol. The van der Waals surface area contributed by atoms with Crippen LogP contribution in [0.3, 0.4) is 0 Å². The van der Waals surface area contributed by atoms with E-state index in [9.17, 15) is 0 Å². The predicted molar refractivity (Wildman–Crippen MR) is 113 cm³/mol. The lowest BCUT2D eigenvalue weighted by molar-refractivity contribution is -0.0679. The minimum absolute atomic E-state index is 0.317. The molecule has 1 saturated heterocycles. The van der Waals surface area contributed by atoms with Crippen molar-refractivity contribution in [1.82, 2.24) is 15.5 Å². The highest BCUT2D eigenvalue weighted by atomic mass is 16.5. The number of benzene rings is 1. The molecular weight excluding hydrogens is 356 g/mol. The van der Waals surface area contributed by atoms with Crippen LogP contribution in [0.1, 0.15) is 32.8 Å². The maximum atomic E-state index is 5.79. The second-order valence-corrected chi connectivity index (χ2v) is 7.18. The summed E-state index contributed by atoms with van der Waals surface area (Å²) in [5, 5.41) is 6.74. The topological polar surface area (TPSA) is 67.4 Å². The van der Waals surface area contributed by atoms with Gasteiger partial charge in [0.05, 0.1) is 33.0 Å². The van der Waals surface area contributed by atoms with Crippen molar-refractivity contribution in [3.63, 3.8) is 0 Å². The maximum absolute atomic E-state index is 5.79. The van der Waals surface area contributed by atoms with Crippen LogP contribution in [0.25, 0.3) is 0 Å². The van der Waals surface area contributed by atoms with E-state index < -0.39 is 0 Å². The van der Waals surface area contributed by atoms with Crippen LogP contribution < -0.4 is 20.1 Å². The molecule has 0 aromatic heterocycles. The first kappa shape index (κ1) is 22.3. The molecule has 0 spiro atoms. The Morgan fingerprint density at radius 1 is 1.14 bits per heavy atom. The van der Waals surface area contributed by atoms with Gasteiger partial charge in [-0.3, -0.25) is 4.90 Å². The normalized spacial score (nSPS) is 20.7. The summed E-state index contributed by atoms with van der Waals surface area (Å²) in [6, 6.07) is 5.89. The second kappa shape index (κ2) is 11.8. The molecule has 28 heavy (non-hydrogen) atoms. The molecule has 1 aromatic rings. The zero-order valence-electron chi connectivity index (χ0n) is 18.0. The summed E-state index contributed by atoms with van der Waals surface area (Å²) in [5.41, 5.74) is 1.08. The number of ether oxygens (including phenoxy) is 3.